The Morgan fingerprint density at radius 1 is 1.39 bits per heavy atom. The van der Waals surface area contributed by atoms with Crippen molar-refractivity contribution in [2.45, 2.75) is 45.4 Å². The van der Waals surface area contributed by atoms with Crippen LogP contribution in [0.5, 0.6) is 0 Å². The first-order chi connectivity index (χ1) is 8.69. The van der Waals surface area contributed by atoms with Gasteiger partial charge in [-0.25, -0.2) is 4.98 Å². The molecule has 0 aliphatic heterocycles. The number of aromatic nitrogens is 1. The summed E-state index contributed by atoms with van der Waals surface area (Å²) in [6.07, 6.45) is 7.99. The topological polar surface area (TPSA) is 56.0 Å². The molecule has 1 aliphatic carbocycles. The molecule has 0 amide bonds. The van der Waals surface area contributed by atoms with Gasteiger partial charge in [-0.15, -0.1) is 0 Å². The summed E-state index contributed by atoms with van der Waals surface area (Å²) < 4.78 is 0. The summed E-state index contributed by atoms with van der Waals surface area (Å²) >= 11 is 0. The summed E-state index contributed by atoms with van der Waals surface area (Å²) in [7, 11) is 0. The number of pyridine rings is 1. The molecule has 1 saturated carbocycles. The van der Waals surface area contributed by atoms with Crippen molar-refractivity contribution in [2.24, 2.45) is 11.8 Å². The van der Waals surface area contributed by atoms with Gasteiger partial charge in [0.15, 0.2) is 0 Å². The third kappa shape index (κ3) is 3.31. The number of hydrogen-bond donors (Lipinski definition) is 1. The molecule has 2 rings (SSSR count). The van der Waals surface area contributed by atoms with E-state index in [0.29, 0.717) is 18.0 Å². The standard InChI is InChI=1S/C15H22N2O/c1-2-11-3-5-13(6-4-11)14(18)9-12-7-8-17-15(16)10-12/h7-8,10-11,13H,2-6,9H2,1H3,(H2,16,17). The SMILES string of the molecule is CCC1CCC(C(=O)Cc2ccnc(N)c2)CC1. The second-order valence-corrected chi connectivity index (χ2v) is 5.36. The van der Waals surface area contributed by atoms with Gasteiger partial charge in [0.1, 0.15) is 11.6 Å². The maximum absolute atomic E-state index is 12.2. The molecule has 0 spiro atoms. The van der Waals surface area contributed by atoms with Gasteiger partial charge in [-0.1, -0.05) is 13.3 Å². The van der Waals surface area contributed by atoms with Crippen LogP contribution in [0.4, 0.5) is 5.82 Å². The van der Waals surface area contributed by atoms with E-state index >= 15 is 0 Å². The van der Waals surface area contributed by atoms with Crippen LogP contribution < -0.4 is 5.73 Å². The molecule has 98 valence electrons. The molecule has 0 bridgehead atoms. The molecule has 2 N–H and O–H groups in total. The van der Waals surface area contributed by atoms with E-state index < -0.39 is 0 Å². The lowest BCUT2D eigenvalue weighted by Crippen LogP contribution is -2.23. The Morgan fingerprint density at radius 2 is 2.11 bits per heavy atom. The molecule has 0 radical (unpaired) electrons. The van der Waals surface area contributed by atoms with Crippen LogP contribution in [0.25, 0.3) is 0 Å². The van der Waals surface area contributed by atoms with E-state index in [4.69, 9.17) is 5.73 Å². The Hall–Kier alpha value is -1.38. The van der Waals surface area contributed by atoms with Gasteiger partial charge in [-0.2, -0.15) is 0 Å². The van der Waals surface area contributed by atoms with Crippen molar-refractivity contribution in [2.75, 3.05) is 5.73 Å². The van der Waals surface area contributed by atoms with Gasteiger partial charge in [0, 0.05) is 18.5 Å². The minimum absolute atomic E-state index is 0.266. The Kier molecular flexibility index (Phi) is 4.34. The van der Waals surface area contributed by atoms with Crippen LogP contribution in [0.1, 0.15) is 44.6 Å². The van der Waals surface area contributed by atoms with Crippen LogP contribution in [0.2, 0.25) is 0 Å². The van der Waals surface area contributed by atoms with Gasteiger partial charge in [0.25, 0.3) is 0 Å². The highest BCUT2D eigenvalue weighted by molar-refractivity contribution is 5.83. The average Bonchev–Trinajstić information content (AvgIpc) is 2.39. The minimum atomic E-state index is 0.266. The lowest BCUT2D eigenvalue weighted by molar-refractivity contribution is -0.123. The van der Waals surface area contributed by atoms with E-state index in [9.17, 15) is 4.79 Å². The monoisotopic (exact) mass is 246 g/mol. The number of Topliss-reactive ketones (excluding diaryl/α,β-unsaturated/α-hetero) is 1. The Labute approximate surface area is 109 Å². The van der Waals surface area contributed by atoms with Crippen LogP contribution in [0.15, 0.2) is 18.3 Å². The summed E-state index contributed by atoms with van der Waals surface area (Å²) in [6.45, 7) is 2.24. The fraction of sp³-hybridized carbons (Fsp3) is 0.600. The van der Waals surface area contributed by atoms with Crippen molar-refractivity contribution >= 4 is 11.6 Å². The molecule has 3 heteroatoms. The van der Waals surface area contributed by atoms with Crippen molar-refractivity contribution in [1.82, 2.24) is 4.98 Å². The molecular formula is C15H22N2O. The van der Waals surface area contributed by atoms with Crippen LogP contribution in [0.3, 0.4) is 0 Å². The predicted molar refractivity (Wildman–Crippen MR) is 73.1 cm³/mol. The lowest BCUT2D eigenvalue weighted by atomic mass is 9.78. The second kappa shape index (κ2) is 5.98. The number of carbonyl (C=O) groups is 1. The first-order valence-electron chi connectivity index (χ1n) is 6.92. The van der Waals surface area contributed by atoms with Gasteiger partial charge in [0.05, 0.1) is 0 Å². The van der Waals surface area contributed by atoms with Crippen LogP contribution >= 0.6 is 0 Å². The molecule has 1 heterocycles. The Bertz CT molecular complexity index is 409. The lowest BCUT2D eigenvalue weighted by Gasteiger charge is -2.26. The van der Waals surface area contributed by atoms with Gasteiger partial charge in [0.2, 0.25) is 0 Å². The van der Waals surface area contributed by atoms with Gasteiger partial charge in [-0.05, 0) is 49.3 Å². The first kappa shape index (κ1) is 13.1. The summed E-state index contributed by atoms with van der Waals surface area (Å²) in [4.78, 5) is 16.2. The number of anilines is 1. The smallest absolute Gasteiger partial charge is 0.140 e. The fourth-order valence-electron chi connectivity index (χ4n) is 2.84. The maximum atomic E-state index is 12.2. The highest BCUT2D eigenvalue weighted by Crippen LogP contribution is 2.31. The summed E-state index contributed by atoms with van der Waals surface area (Å²) in [5.41, 5.74) is 6.62. The van der Waals surface area contributed by atoms with Crippen LogP contribution in [-0.4, -0.2) is 10.8 Å². The van der Waals surface area contributed by atoms with E-state index in [-0.39, 0.29) is 5.92 Å². The second-order valence-electron chi connectivity index (χ2n) is 5.36. The molecule has 1 fully saturated rings. The molecular weight excluding hydrogens is 224 g/mol. The normalized spacial score (nSPS) is 23.8. The Morgan fingerprint density at radius 3 is 2.72 bits per heavy atom. The van der Waals surface area contributed by atoms with Gasteiger partial charge >= 0.3 is 0 Å². The molecule has 0 atom stereocenters. The highest BCUT2D eigenvalue weighted by atomic mass is 16.1. The van der Waals surface area contributed by atoms with E-state index in [0.717, 1.165) is 24.3 Å². The summed E-state index contributed by atoms with van der Waals surface area (Å²) in [6, 6.07) is 3.68. The molecule has 18 heavy (non-hydrogen) atoms. The largest absolute Gasteiger partial charge is 0.384 e. The van der Waals surface area contributed by atoms with E-state index in [1.807, 2.05) is 6.07 Å². The molecule has 1 aliphatic rings. The van der Waals surface area contributed by atoms with Crippen molar-refractivity contribution in [3.8, 4) is 0 Å². The zero-order chi connectivity index (χ0) is 13.0. The Balaban J connectivity index is 1.89. The van der Waals surface area contributed by atoms with E-state index in [2.05, 4.69) is 11.9 Å². The number of carbonyl (C=O) groups excluding carboxylic acids is 1. The van der Waals surface area contributed by atoms with Crippen molar-refractivity contribution < 1.29 is 4.79 Å². The maximum Gasteiger partial charge on any atom is 0.140 e. The number of nitrogens with two attached hydrogens (primary N) is 1. The van der Waals surface area contributed by atoms with Crippen LogP contribution in [-0.2, 0) is 11.2 Å². The number of hydrogen-bond acceptors (Lipinski definition) is 3. The molecule has 0 unspecified atom stereocenters. The van der Waals surface area contributed by atoms with Gasteiger partial charge < -0.3 is 5.73 Å². The number of ketones is 1. The average molecular weight is 246 g/mol. The third-order valence-corrected chi connectivity index (χ3v) is 4.10. The van der Waals surface area contributed by atoms with Crippen molar-refractivity contribution in [3.63, 3.8) is 0 Å². The molecule has 3 nitrogen and oxygen atoms in total. The van der Waals surface area contributed by atoms with E-state index in [1.165, 1.54) is 19.3 Å². The minimum Gasteiger partial charge on any atom is -0.384 e. The molecule has 0 aromatic carbocycles. The first-order valence-corrected chi connectivity index (χ1v) is 6.92. The molecule has 1 aromatic heterocycles. The van der Waals surface area contributed by atoms with Crippen LogP contribution in [0, 0.1) is 11.8 Å². The number of nitrogen functional groups attached to an aromatic ring is 1. The zero-order valence-corrected chi connectivity index (χ0v) is 11.1. The van der Waals surface area contributed by atoms with Crippen molar-refractivity contribution in [3.05, 3.63) is 23.9 Å². The third-order valence-electron chi connectivity index (χ3n) is 4.10. The summed E-state index contributed by atoms with van der Waals surface area (Å²) in [5, 5.41) is 0. The quantitative estimate of drug-likeness (QED) is 0.888. The predicted octanol–water partition coefficient (Wildman–Crippen LogP) is 2.99. The fourth-order valence-corrected chi connectivity index (χ4v) is 2.84. The van der Waals surface area contributed by atoms with Gasteiger partial charge in [-0.3, -0.25) is 4.79 Å². The highest BCUT2D eigenvalue weighted by Gasteiger charge is 2.25. The molecule has 1 aromatic rings. The zero-order valence-electron chi connectivity index (χ0n) is 11.1. The number of nitrogens with zero attached hydrogens (tertiary/aromatic N) is 1. The van der Waals surface area contributed by atoms with Crippen molar-refractivity contribution in [1.29, 1.82) is 0 Å². The summed E-state index contributed by atoms with van der Waals surface area (Å²) in [5.74, 6) is 1.97. The number of rotatable bonds is 4. The van der Waals surface area contributed by atoms with E-state index in [1.54, 1.807) is 12.3 Å². The molecule has 0 saturated heterocycles.